The van der Waals surface area contributed by atoms with Crippen molar-refractivity contribution < 1.29 is 17.9 Å². The van der Waals surface area contributed by atoms with Crippen LogP contribution in [0.3, 0.4) is 0 Å². The number of benzene rings is 3. The van der Waals surface area contributed by atoms with Gasteiger partial charge in [-0.3, -0.25) is 0 Å². The van der Waals surface area contributed by atoms with E-state index in [1.807, 2.05) is 42.5 Å². The van der Waals surface area contributed by atoms with Crippen molar-refractivity contribution >= 4 is 21.6 Å². The molecular weight excluding hydrogens is 488 g/mol. The zero-order valence-electron chi connectivity index (χ0n) is 20.0. The average Bonchev–Trinajstić information content (AvgIpc) is 2.95. The van der Waals surface area contributed by atoms with Crippen LogP contribution in [0, 0.1) is 0 Å². The lowest BCUT2D eigenvalue weighted by atomic mass is 10.1. The fraction of sp³-hybridized carbons (Fsp3) is 0.179. The third kappa shape index (κ3) is 5.62. The highest BCUT2D eigenvalue weighted by atomic mass is 32.2. The van der Waals surface area contributed by atoms with Crippen LogP contribution in [0.15, 0.2) is 102 Å². The van der Waals surface area contributed by atoms with Gasteiger partial charge in [0.25, 0.3) is 0 Å². The predicted molar refractivity (Wildman–Crippen MR) is 141 cm³/mol. The number of amides is 2. The molecule has 1 saturated heterocycles. The molecule has 1 aliphatic rings. The van der Waals surface area contributed by atoms with Gasteiger partial charge in [-0.15, -0.1) is 0 Å². The molecule has 1 aliphatic heterocycles. The van der Waals surface area contributed by atoms with E-state index in [9.17, 15) is 13.2 Å². The molecule has 37 heavy (non-hydrogen) atoms. The summed E-state index contributed by atoms with van der Waals surface area (Å²) < 4.78 is 32.4. The number of piperidine rings is 1. The van der Waals surface area contributed by atoms with Crippen LogP contribution < -0.4 is 10.1 Å². The molecule has 0 spiro atoms. The first-order valence-electron chi connectivity index (χ1n) is 12.0. The molecule has 9 heteroatoms. The van der Waals surface area contributed by atoms with Crippen LogP contribution in [0.25, 0.3) is 11.1 Å². The Morgan fingerprint density at radius 1 is 0.838 bits per heavy atom. The van der Waals surface area contributed by atoms with Crippen molar-refractivity contribution in [2.24, 2.45) is 0 Å². The van der Waals surface area contributed by atoms with Gasteiger partial charge in [-0.25, -0.2) is 23.2 Å². The zero-order valence-corrected chi connectivity index (χ0v) is 20.8. The smallest absolute Gasteiger partial charge is 0.321 e. The van der Waals surface area contributed by atoms with Crippen LogP contribution >= 0.6 is 0 Å². The van der Waals surface area contributed by atoms with Crippen molar-refractivity contribution in [1.82, 2.24) is 14.9 Å². The molecule has 0 radical (unpaired) electrons. The normalized spacial score (nSPS) is 14.2. The number of para-hydroxylation sites is 3. The number of likely N-dealkylation sites (tertiary alicyclic amines) is 1. The summed E-state index contributed by atoms with van der Waals surface area (Å²) in [6.07, 6.45) is 5.55. The van der Waals surface area contributed by atoms with Gasteiger partial charge in [-0.05, 0) is 54.8 Å². The summed E-state index contributed by atoms with van der Waals surface area (Å²) in [4.78, 5) is 22.9. The van der Waals surface area contributed by atoms with Gasteiger partial charge in [0.1, 0.15) is 12.1 Å². The van der Waals surface area contributed by atoms with E-state index in [0.717, 1.165) is 11.1 Å². The van der Waals surface area contributed by atoms with Gasteiger partial charge in [0.15, 0.2) is 15.6 Å². The summed E-state index contributed by atoms with van der Waals surface area (Å²) in [7, 11) is -3.52. The van der Waals surface area contributed by atoms with Gasteiger partial charge in [-0.2, -0.15) is 0 Å². The zero-order chi connectivity index (χ0) is 25.7. The second-order valence-corrected chi connectivity index (χ2v) is 11.0. The van der Waals surface area contributed by atoms with E-state index >= 15 is 0 Å². The maximum absolute atomic E-state index is 13.3. The number of carbonyl (C=O) groups excluding carboxylic acids is 1. The van der Waals surface area contributed by atoms with Crippen LogP contribution in [-0.4, -0.2) is 47.7 Å². The number of carbonyl (C=O) groups is 1. The van der Waals surface area contributed by atoms with E-state index in [0.29, 0.717) is 43.1 Å². The Balaban J connectivity index is 1.21. The lowest BCUT2D eigenvalue weighted by Crippen LogP contribution is -2.44. The van der Waals surface area contributed by atoms with E-state index < -0.39 is 15.1 Å². The van der Waals surface area contributed by atoms with Crippen molar-refractivity contribution in [2.45, 2.75) is 23.0 Å². The number of hydrogen-bond donors (Lipinski definition) is 1. The van der Waals surface area contributed by atoms with Crippen molar-refractivity contribution in [1.29, 1.82) is 0 Å². The monoisotopic (exact) mass is 514 g/mol. The average molecular weight is 515 g/mol. The lowest BCUT2D eigenvalue weighted by molar-refractivity contribution is 0.200. The summed E-state index contributed by atoms with van der Waals surface area (Å²) >= 11 is 0. The molecule has 2 amide bonds. The molecular formula is C28H26N4O4S. The largest absolute Gasteiger partial charge is 0.455 e. The first-order valence-corrected chi connectivity index (χ1v) is 13.5. The van der Waals surface area contributed by atoms with Gasteiger partial charge in [0.2, 0.25) is 0 Å². The first-order chi connectivity index (χ1) is 18.0. The molecule has 8 nitrogen and oxygen atoms in total. The van der Waals surface area contributed by atoms with Gasteiger partial charge in [0.05, 0.1) is 15.8 Å². The van der Waals surface area contributed by atoms with Crippen LogP contribution in [0.4, 0.5) is 10.5 Å². The minimum atomic E-state index is -3.52. The fourth-order valence-electron chi connectivity index (χ4n) is 4.32. The van der Waals surface area contributed by atoms with E-state index in [4.69, 9.17) is 4.74 Å². The van der Waals surface area contributed by atoms with Crippen molar-refractivity contribution in [3.05, 3.63) is 97.6 Å². The number of anilines is 1. The molecule has 0 atom stereocenters. The Morgan fingerprint density at radius 3 is 2.19 bits per heavy atom. The van der Waals surface area contributed by atoms with E-state index in [1.54, 1.807) is 53.7 Å². The van der Waals surface area contributed by atoms with Crippen LogP contribution in [0.2, 0.25) is 0 Å². The molecule has 0 bridgehead atoms. The molecule has 0 aliphatic carbocycles. The number of hydrogen-bond acceptors (Lipinski definition) is 6. The molecule has 4 aromatic rings. The van der Waals surface area contributed by atoms with Crippen LogP contribution in [0.1, 0.15) is 12.8 Å². The Hall–Kier alpha value is -4.24. The van der Waals surface area contributed by atoms with Gasteiger partial charge >= 0.3 is 6.03 Å². The second-order valence-electron chi connectivity index (χ2n) is 8.72. The summed E-state index contributed by atoms with van der Waals surface area (Å²) in [5.74, 6) is 1.20. The minimum absolute atomic E-state index is 0.281. The highest BCUT2D eigenvalue weighted by molar-refractivity contribution is 7.92. The third-order valence-corrected chi connectivity index (χ3v) is 8.62. The summed E-state index contributed by atoms with van der Waals surface area (Å²) in [5.41, 5.74) is 2.22. The van der Waals surface area contributed by atoms with Crippen LogP contribution in [-0.2, 0) is 9.84 Å². The SMILES string of the molecule is O=C(Nc1ccccc1Oc1ccccc1)N1CCC(S(=O)(=O)c2ccc(-c3cncnc3)cc2)CC1. The molecule has 0 unspecified atom stereocenters. The lowest BCUT2D eigenvalue weighted by Gasteiger charge is -2.32. The predicted octanol–water partition coefficient (Wildman–Crippen LogP) is 5.41. The number of ether oxygens (including phenoxy) is 1. The first kappa shape index (κ1) is 24.5. The molecule has 3 aromatic carbocycles. The van der Waals surface area contributed by atoms with Gasteiger partial charge in [-0.1, -0.05) is 42.5 Å². The van der Waals surface area contributed by atoms with Gasteiger partial charge < -0.3 is 15.0 Å². The van der Waals surface area contributed by atoms with Crippen molar-refractivity contribution in [2.75, 3.05) is 18.4 Å². The Bertz CT molecular complexity index is 1460. The maximum atomic E-state index is 13.3. The Labute approximate surface area is 215 Å². The second kappa shape index (κ2) is 10.8. The Kier molecular flexibility index (Phi) is 7.14. The minimum Gasteiger partial charge on any atom is -0.455 e. The topological polar surface area (TPSA) is 101 Å². The van der Waals surface area contributed by atoms with E-state index in [-0.39, 0.29) is 10.9 Å². The van der Waals surface area contributed by atoms with E-state index in [1.165, 1.54) is 6.33 Å². The number of urea groups is 1. The quantitative estimate of drug-likeness (QED) is 0.369. The summed E-state index contributed by atoms with van der Waals surface area (Å²) in [5, 5.41) is 2.36. The number of sulfone groups is 1. The maximum Gasteiger partial charge on any atom is 0.321 e. The summed E-state index contributed by atoms with van der Waals surface area (Å²) in [6.45, 7) is 0.688. The highest BCUT2D eigenvalue weighted by Gasteiger charge is 2.33. The molecule has 5 rings (SSSR count). The standard InChI is InChI=1S/C28H26N4O4S/c33-28(31-26-8-4-5-9-27(26)36-23-6-2-1-3-7-23)32-16-14-25(15-17-32)37(34,35)24-12-10-21(11-13-24)22-18-29-20-30-19-22/h1-13,18-20,25H,14-17H2,(H,31,33). The van der Waals surface area contributed by atoms with Crippen molar-refractivity contribution in [3.63, 3.8) is 0 Å². The molecule has 1 fully saturated rings. The van der Waals surface area contributed by atoms with E-state index in [2.05, 4.69) is 15.3 Å². The third-order valence-electron chi connectivity index (χ3n) is 6.34. The molecule has 1 aromatic heterocycles. The van der Waals surface area contributed by atoms with Gasteiger partial charge in [0, 0.05) is 31.0 Å². The van der Waals surface area contributed by atoms with Crippen molar-refractivity contribution in [3.8, 4) is 22.6 Å². The Morgan fingerprint density at radius 2 is 1.49 bits per heavy atom. The summed E-state index contributed by atoms with van der Waals surface area (Å²) in [6, 6.07) is 23.1. The highest BCUT2D eigenvalue weighted by Crippen LogP contribution is 2.31. The molecule has 188 valence electrons. The fourth-order valence-corrected chi connectivity index (χ4v) is 6.05. The molecule has 0 saturated carbocycles. The number of aromatic nitrogens is 2. The molecule has 1 N–H and O–H groups in total. The molecule has 2 heterocycles. The van der Waals surface area contributed by atoms with Crippen LogP contribution in [0.5, 0.6) is 11.5 Å². The number of nitrogens with one attached hydrogen (secondary N) is 1. The number of nitrogens with zero attached hydrogens (tertiary/aromatic N) is 3. The number of rotatable bonds is 6.